The molecule has 0 saturated carbocycles. The maximum atomic E-state index is 12.6. The number of hydrogen-bond acceptors (Lipinski definition) is 6. The van der Waals surface area contributed by atoms with E-state index in [1.54, 1.807) is 23.6 Å². The van der Waals surface area contributed by atoms with Gasteiger partial charge >= 0.3 is 12.0 Å². The van der Waals surface area contributed by atoms with Crippen molar-refractivity contribution in [3.05, 3.63) is 10.6 Å². The minimum atomic E-state index is -0.429. The van der Waals surface area contributed by atoms with E-state index in [9.17, 15) is 14.4 Å². The van der Waals surface area contributed by atoms with Gasteiger partial charge in [-0.2, -0.15) is 0 Å². The predicted molar refractivity (Wildman–Crippen MR) is 104 cm³/mol. The van der Waals surface area contributed by atoms with Gasteiger partial charge in [0, 0.05) is 26.2 Å². The number of ether oxygens (including phenoxy) is 1. The molecule has 1 saturated heterocycles. The van der Waals surface area contributed by atoms with Crippen molar-refractivity contribution >= 4 is 34.4 Å². The van der Waals surface area contributed by atoms with Crippen LogP contribution in [0, 0.1) is 12.8 Å². The molecule has 1 aliphatic heterocycles. The second-order valence-corrected chi connectivity index (χ2v) is 7.38. The number of nitrogens with one attached hydrogen (secondary N) is 1. The molecule has 8 nitrogen and oxygen atoms in total. The Morgan fingerprint density at radius 3 is 2.63 bits per heavy atom. The lowest BCUT2D eigenvalue weighted by Gasteiger charge is -2.35. The van der Waals surface area contributed by atoms with E-state index in [1.807, 2.05) is 13.8 Å². The summed E-state index contributed by atoms with van der Waals surface area (Å²) < 4.78 is 5.00. The SMILES string of the molecule is CCOC(=O)c1sc(NC(=O)[C@@H]2CCCN(C(=O)N(CC)CC)C2)nc1C. The fourth-order valence-corrected chi connectivity index (χ4v) is 3.97. The number of amides is 3. The van der Waals surface area contributed by atoms with E-state index in [2.05, 4.69) is 10.3 Å². The fraction of sp³-hybridized carbons (Fsp3) is 0.667. The van der Waals surface area contributed by atoms with Gasteiger partial charge in [-0.25, -0.2) is 14.6 Å². The number of esters is 1. The Morgan fingerprint density at radius 2 is 2.00 bits per heavy atom. The molecule has 1 aliphatic rings. The molecule has 3 amide bonds. The number of carbonyl (C=O) groups is 3. The van der Waals surface area contributed by atoms with Gasteiger partial charge in [-0.3, -0.25) is 4.79 Å². The second-order valence-electron chi connectivity index (χ2n) is 6.38. The molecule has 27 heavy (non-hydrogen) atoms. The van der Waals surface area contributed by atoms with E-state index in [4.69, 9.17) is 4.74 Å². The molecule has 0 unspecified atom stereocenters. The number of anilines is 1. The molecule has 1 fully saturated rings. The summed E-state index contributed by atoms with van der Waals surface area (Å²) >= 11 is 1.11. The van der Waals surface area contributed by atoms with Crippen LogP contribution in [0.4, 0.5) is 9.93 Å². The summed E-state index contributed by atoms with van der Waals surface area (Å²) in [4.78, 5) is 45.2. The van der Waals surface area contributed by atoms with Crippen molar-refractivity contribution in [1.29, 1.82) is 0 Å². The number of likely N-dealkylation sites (tertiary alicyclic amines) is 1. The first-order valence-electron chi connectivity index (χ1n) is 9.40. The summed E-state index contributed by atoms with van der Waals surface area (Å²) in [5.41, 5.74) is 0.538. The van der Waals surface area contributed by atoms with Gasteiger partial charge in [0.15, 0.2) is 5.13 Å². The van der Waals surface area contributed by atoms with Crippen LogP contribution in [0.25, 0.3) is 0 Å². The lowest BCUT2D eigenvalue weighted by molar-refractivity contribution is -0.121. The molecule has 0 bridgehead atoms. The lowest BCUT2D eigenvalue weighted by atomic mass is 9.97. The minimum Gasteiger partial charge on any atom is -0.462 e. The summed E-state index contributed by atoms with van der Waals surface area (Å²) in [6, 6.07) is -0.0211. The number of aryl methyl sites for hydroxylation is 1. The summed E-state index contributed by atoms with van der Waals surface area (Å²) in [5.74, 6) is -0.883. The lowest BCUT2D eigenvalue weighted by Crippen LogP contribution is -2.49. The first-order valence-corrected chi connectivity index (χ1v) is 10.2. The van der Waals surface area contributed by atoms with Crippen LogP contribution in [-0.4, -0.2) is 65.5 Å². The van der Waals surface area contributed by atoms with Crippen LogP contribution >= 0.6 is 11.3 Å². The van der Waals surface area contributed by atoms with E-state index in [0.717, 1.165) is 24.2 Å². The van der Waals surface area contributed by atoms with Crippen LogP contribution in [0.2, 0.25) is 0 Å². The summed E-state index contributed by atoms with van der Waals surface area (Å²) in [7, 11) is 0. The highest BCUT2D eigenvalue weighted by Crippen LogP contribution is 2.25. The second kappa shape index (κ2) is 9.68. The zero-order chi connectivity index (χ0) is 20.0. The largest absolute Gasteiger partial charge is 0.462 e. The third-order valence-corrected chi connectivity index (χ3v) is 5.64. The van der Waals surface area contributed by atoms with Gasteiger partial charge in [0.1, 0.15) is 4.88 Å². The minimum absolute atomic E-state index is 0.0211. The van der Waals surface area contributed by atoms with Crippen molar-refractivity contribution < 1.29 is 19.1 Å². The number of nitrogens with zero attached hydrogens (tertiary/aromatic N) is 3. The molecule has 1 aromatic rings. The molecule has 0 spiro atoms. The maximum Gasteiger partial charge on any atom is 0.350 e. The molecule has 0 aliphatic carbocycles. The third-order valence-electron chi connectivity index (χ3n) is 4.58. The molecule has 1 atom stereocenters. The molecule has 2 rings (SSSR count). The van der Waals surface area contributed by atoms with Crippen molar-refractivity contribution in [1.82, 2.24) is 14.8 Å². The van der Waals surface area contributed by atoms with Crippen LogP contribution in [0.5, 0.6) is 0 Å². The number of piperidine rings is 1. The Balaban J connectivity index is 2.00. The van der Waals surface area contributed by atoms with Crippen LogP contribution in [0.3, 0.4) is 0 Å². The quantitative estimate of drug-likeness (QED) is 0.747. The van der Waals surface area contributed by atoms with E-state index < -0.39 is 5.97 Å². The topological polar surface area (TPSA) is 91.8 Å². The Kier molecular flexibility index (Phi) is 7.58. The first kappa shape index (κ1) is 21.1. The molecule has 150 valence electrons. The highest BCUT2D eigenvalue weighted by molar-refractivity contribution is 7.17. The summed E-state index contributed by atoms with van der Waals surface area (Å²) in [5, 5.41) is 3.18. The van der Waals surface area contributed by atoms with Crippen molar-refractivity contribution in [2.24, 2.45) is 5.92 Å². The highest BCUT2D eigenvalue weighted by Gasteiger charge is 2.30. The summed E-state index contributed by atoms with van der Waals surface area (Å²) in [6.07, 6.45) is 1.51. The van der Waals surface area contributed by atoms with Crippen LogP contribution in [0.1, 0.15) is 49.0 Å². The Hall–Kier alpha value is -2.16. The average molecular weight is 397 g/mol. The van der Waals surface area contributed by atoms with Crippen molar-refractivity contribution in [3.8, 4) is 0 Å². The zero-order valence-corrected chi connectivity index (χ0v) is 17.2. The normalized spacial score (nSPS) is 16.7. The molecular formula is C18H28N4O4S. The van der Waals surface area contributed by atoms with Crippen molar-refractivity contribution in [3.63, 3.8) is 0 Å². The van der Waals surface area contributed by atoms with Gasteiger partial charge in [-0.15, -0.1) is 0 Å². The van der Waals surface area contributed by atoms with E-state index in [1.165, 1.54) is 0 Å². The molecule has 2 heterocycles. The van der Waals surface area contributed by atoms with Gasteiger partial charge in [-0.05, 0) is 40.5 Å². The maximum absolute atomic E-state index is 12.6. The number of rotatable bonds is 6. The number of hydrogen-bond donors (Lipinski definition) is 1. The van der Waals surface area contributed by atoms with Crippen molar-refractivity contribution in [2.45, 2.75) is 40.5 Å². The molecule has 1 N–H and O–H groups in total. The van der Waals surface area contributed by atoms with Gasteiger partial charge in [0.2, 0.25) is 5.91 Å². The van der Waals surface area contributed by atoms with E-state index in [0.29, 0.717) is 41.9 Å². The number of urea groups is 1. The smallest absolute Gasteiger partial charge is 0.350 e. The van der Waals surface area contributed by atoms with Gasteiger partial charge in [0.05, 0.1) is 18.2 Å². The molecule has 0 radical (unpaired) electrons. The molecule has 9 heteroatoms. The zero-order valence-electron chi connectivity index (χ0n) is 16.4. The van der Waals surface area contributed by atoms with Crippen LogP contribution in [-0.2, 0) is 9.53 Å². The van der Waals surface area contributed by atoms with Crippen LogP contribution < -0.4 is 5.32 Å². The van der Waals surface area contributed by atoms with Crippen molar-refractivity contribution in [2.75, 3.05) is 38.1 Å². The highest BCUT2D eigenvalue weighted by atomic mass is 32.1. The van der Waals surface area contributed by atoms with Gasteiger partial charge < -0.3 is 19.9 Å². The van der Waals surface area contributed by atoms with Gasteiger partial charge in [-0.1, -0.05) is 11.3 Å². The Bertz CT molecular complexity index is 687. The first-order chi connectivity index (χ1) is 12.9. The standard InChI is InChI=1S/C18H28N4O4S/c1-5-21(6-2)18(25)22-10-8-9-13(11-22)15(23)20-17-19-12(4)14(27-17)16(24)26-7-3/h13H,5-11H2,1-4H3,(H,19,20,23)/t13-/m1/s1. The van der Waals surface area contributed by atoms with Crippen LogP contribution in [0.15, 0.2) is 0 Å². The van der Waals surface area contributed by atoms with Gasteiger partial charge in [0.25, 0.3) is 0 Å². The fourth-order valence-electron chi connectivity index (χ4n) is 3.10. The molecule has 1 aromatic heterocycles. The van der Waals surface area contributed by atoms with E-state index >= 15 is 0 Å². The predicted octanol–water partition coefficient (Wildman–Crippen LogP) is 2.74. The number of aromatic nitrogens is 1. The average Bonchev–Trinajstić information content (AvgIpc) is 3.03. The number of carbonyl (C=O) groups excluding carboxylic acids is 3. The number of thiazole rings is 1. The molecule has 0 aromatic carbocycles. The van der Waals surface area contributed by atoms with E-state index in [-0.39, 0.29) is 24.5 Å². The molecular weight excluding hydrogens is 368 g/mol. The third kappa shape index (κ3) is 5.18. The summed E-state index contributed by atoms with van der Waals surface area (Å²) in [6.45, 7) is 10.0. The monoisotopic (exact) mass is 396 g/mol. The Labute approximate surface area is 163 Å². The Morgan fingerprint density at radius 1 is 1.30 bits per heavy atom.